The molecule has 3 rings (SSSR count). The molecule has 0 saturated heterocycles. The highest BCUT2D eigenvalue weighted by atomic mass is 32.2. The number of thioether (sulfide) groups is 1. The monoisotopic (exact) mass is 294 g/mol. The number of rotatable bonds is 4. The topological polar surface area (TPSA) is 94.7 Å². The molecule has 1 N–H and O–H groups in total. The summed E-state index contributed by atoms with van der Waals surface area (Å²) < 4.78 is 16.5. The van der Waals surface area contributed by atoms with E-state index in [4.69, 9.17) is 19.0 Å². The zero-order chi connectivity index (χ0) is 13.9. The molecule has 104 valence electrons. The molecule has 2 aromatic rings. The first-order chi connectivity index (χ1) is 9.74. The maximum Gasteiger partial charge on any atom is 0.314 e. The van der Waals surface area contributed by atoms with Crippen LogP contribution in [0.15, 0.2) is 27.8 Å². The second kappa shape index (κ2) is 5.41. The van der Waals surface area contributed by atoms with Crippen LogP contribution in [0, 0.1) is 0 Å². The molecular formula is C12H10N2O5S. The van der Waals surface area contributed by atoms with E-state index in [9.17, 15) is 4.79 Å². The standard InChI is InChI=1S/C12H10N2O5S/c15-9(16)6-20-12-14-13-11(19-12)7-2-1-3-8-10(7)18-5-4-17-8/h1-3H,4-6H2,(H,15,16). The average molecular weight is 294 g/mol. The summed E-state index contributed by atoms with van der Waals surface area (Å²) >= 11 is 0.970. The molecule has 2 heterocycles. The molecule has 1 aliphatic rings. The number of hydrogen-bond donors (Lipinski definition) is 1. The third-order valence-electron chi connectivity index (χ3n) is 2.52. The first-order valence-electron chi connectivity index (χ1n) is 5.81. The molecule has 0 amide bonds. The highest BCUT2D eigenvalue weighted by molar-refractivity contribution is 7.99. The van der Waals surface area contributed by atoms with Crippen LogP contribution in [0.1, 0.15) is 0 Å². The van der Waals surface area contributed by atoms with Crippen LogP contribution >= 0.6 is 11.8 Å². The summed E-state index contributed by atoms with van der Waals surface area (Å²) in [6.07, 6.45) is 0. The number of aromatic nitrogens is 2. The van der Waals surface area contributed by atoms with Crippen molar-refractivity contribution in [2.45, 2.75) is 5.22 Å². The minimum atomic E-state index is -0.941. The number of ether oxygens (including phenoxy) is 2. The summed E-state index contributed by atoms with van der Waals surface area (Å²) in [5, 5.41) is 16.5. The van der Waals surface area contributed by atoms with E-state index in [0.717, 1.165) is 11.8 Å². The molecule has 0 fully saturated rings. The third kappa shape index (κ3) is 2.55. The van der Waals surface area contributed by atoms with Crippen molar-refractivity contribution < 1.29 is 23.8 Å². The predicted molar refractivity (Wildman–Crippen MR) is 69.1 cm³/mol. The number of para-hydroxylation sites is 1. The highest BCUT2D eigenvalue weighted by Gasteiger charge is 2.20. The van der Waals surface area contributed by atoms with Crippen molar-refractivity contribution in [1.82, 2.24) is 10.2 Å². The smallest absolute Gasteiger partial charge is 0.314 e. The molecule has 1 aromatic carbocycles. The van der Waals surface area contributed by atoms with Crippen LogP contribution in [0.5, 0.6) is 11.5 Å². The first kappa shape index (κ1) is 12.8. The Kier molecular flexibility index (Phi) is 3.46. The number of carboxylic acids is 1. The van der Waals surface area contributed by atoms with Crippen LogP contribution in [0.3, 0.4) is 0 Å². The van der Waals surface area contributed by atoms with Crippen molar-refractivity contribution in [3.63, 3.8) is 0 Å². The molecule has 1 aromatic heterocycles. The lowest BCUT2D eigenvalue weighted by Crippen LogP contribution is -2.15. The van der Waals surface area contributed by atoms with Gasteiger partial charge in [-0.2, -0.15) is 0 Å². The normalized spacial score (nSPS) is 13.2. The Bertz CT molecular complexity index is 643. The molecule has 1 aliphatic heterocycles. The van der Waals surface area contributed by atoms with E-state index < -0.39 is 5.97 Å². The highest BCUT2D eigenvalue weighted by Crippen LogP contribution is 2.39. The van der Waals surface area contributed by atoms with Crippen molar-refractivity contribution in [3.05, 3.63) is 18.2 Å². The molecule has 0 spiro atoms. The van der Waals surface area contributed by atoms with Crippen LogP contribution in [0.25, 0.3) is 11.5 Å². The van der Waals surface area contributed by atoms with Gasteiger partial charge < -0.3 is 19.0 Å². The fourth-order valence-electron chi connectivity index (χ4n) is 1.74. The van der Waals surface area contributed by atoms with Crippen LogP contribution in [0.2, 0.25) is 0 Å². The number of carbonyl (C=O) groups is 1. The predicted octanol–water partition coefficient (Wildman–Crippen LogP) is 1.68. The minimum absolute atomic E-state index is 0.131. The number of aliphatic carboxylic acids is 1. The van der Waals surface area contributed by atoms with Gasteiger partial charge >= 0.3 is 5.97 Å². The van der Waals surface area contributed by atoms with Crippen LogP contribution < -0.4 is 9.47 Å². The molecule has 0 saturated carbocycles. The maximum atomic E-state index is 10.5. The molecule has 20 heavy (non-hydrogen) atoms. The second-order valence-electron chi connectivity index (χ2n) is 3.89. The second-order valence-corrected chi connectivity index (χ2v) is 4.81. The zero-order valence-electron chi connectivity index (χ0n) is 10.2. The van der Waals surface area contributed by atoms with Gasteiger partial charge in [-0.15, -0.1) is 10.2 Å². The van der Waals surface area contributed by atoms with E-state index in [1.54, 1.807) is 18.2 Å². The molecule has 0 atom stereocenters. The Hall–Kier alpha value is -2.22. The molecule has 8 heteroatoms. The number of carboxylic acid groups (broad SMARTS) is 1. The van der Waals surface area contributed by atoms with Crippen LogP contribution in [-0.2, 0) is 4.79 Å². The van der Waals surface area contributed by atoms with Crippen molar-refractivity contribution in [3.8, 4) is 23.0 Å². The molecule has 0 bridgehead atoms. The SMILES string of the molecule is O=C(O)CSc1nnc(-c2cccc3c2OCCO3)o1. The van der Waals surface area contributed by atoms with Gasteiger partial charge in [0, 0.05) is 0 Å². The van der Waals surface area contributed by atoms with Gasteiger partial charge in [-0.05, 0) is 12.1 Å². The van der Waals surface area contributed by atoms with E-state index in [0.29, 0.717) is 30.3 Å². The Morgan fingerprint density at radius 2 is 2.15 bits per heavy atom. The minimum Gasteiger partial charge on any atom is -0.486 e. The number of fused-ring (bicyclic) bond motifs is 1. The summed E-state index contributed by atoms with van der Waals surface area (Å²) in [6, 6.07) is 5.39. The van der Waals surface area contributed by atoms with Gasteiger partial charge in [-0.1, -0.05) is 17.8 Å². The van der Waals surface area contributed by atoms with Gasteiger partial charge in [0.2, 0.25) is 0 Å². The maximum absolute atomic E-state index is 10.5. The molecule has 0 aliphatic carbocycles. The largest absolute Gasteiger partial charge is 0.486 e. The quantitative estimate of drug-likeness (QED) is 0.851. The Morgan fingerprint density at radius 3 is 3.00 bits per heavy atom. The number of hydrogen-bond acceptors (Lipinski definition) is 7. The fraction of sp³-hybridized carbons (Fsp3) is 0.250. The summed E-state index contributed by atoms with van der Waals surface area (Å²) in [4.78, 5) is 10.5. The molecule has 7 nitrogen and oxygen atoms in total. The van der Waals surface area contributed by atoms with Crippen molar-refractivity contribution in [2.24, 2.45) is 0 Å². The number of benzene rings is 1. The van der Waals surface area contributed by atoms with E-state index in [1.165, 1.54) is 0 Å². The van der Waals surface area contributed by atoms with Gasteiger partial charge in [0.25, 0.3) is 11.1 Å². The van der Waals surface area contributed by atoms with Gasteiger partial charge in [0.05, 0.1) is 5.56 Å². The van der Waals surface area contributed by atoms with E-state index in [-0.39, 0.29) is 16.9 Å². The number of nitrogens with zero attached hydrogens (tertiary/aromatic N) is 2. The zero-order valence-corrected chi connectivity index (χ0v) is 11.1. The van der Waals surface area contributed by atoms with Crippen LogP contribution in [0.4, 0.5) is 0 Å². The average Bonchev–Trinajstić information content (AvgIpc) is 2.93. The Morgan fingerprint density at radius 1 is 1.30 bits per heavy atom. The molecule has 0 radical (unpaired) electrons. The lowest BCUT2D eigenvalue weighted by molar-refractivity contribution is -0.133. The van der Waals surface area contributed by atoms with E-state index in [2.05, 4.69) is 10.2 Å². The lowest BCUT2D eigenvalue weighted by Gasteiger charge is -2.19. The summed E-state index contributed by atoms with van der Waals surface area (Å²) in [5.74, 6) is 0.404. The summed E-state index contributed by atoms with van der Waals surface area (Å²) in [6.45, 7) is 0.957. The van der Waals surface area contributed by atoms with Gasteiger partial charge in [-0.25, -0.2) is 0 Å². The molecule has 0 unspecified atom stereocenters. The van der Waals surface area contributed by atoms with E-state index >= 15 is 0 Å². The van der Waals surface area contributed by atoms with E-state index in [1.807, 2.05) is 0 Å². The van der Waals surface area contributed by atoms with Crippen molar-refractivity contribution in [1.29, 1.82) is 0 Å². The lowest BCUT2D eigenvalue weighted by atomic mass is 10.2. The van der Waals surface area contributed by atoms with Gasteiger partial charge in [0.1, 0.15) is 19.0 Å². The van der Waals surface area contributed by atoms with Crippen molar-refractivity contribution >= 4 is 17.7 Å². The van der Waals surface area contributed by atoms with Crippen molar-refractivity contribution in [2.75, 3.05) is 19.0 Å². The van der Waals surface area contributed by atoms with Gasteiger partial charge in [0.15, 0.2) is 11.5 Å². The van der Waals surface area contributed by atoms with Crippen LogP contribution in [-0.4, -0.2) is 40.2 Å². The molecular weight excluding hydrogens is 284 g/mol. The Balaban J connectivity index is 1.88. The summed E-state index contributed by atoms with van der Waals surface area (Å²) in [7, 11) is 0. The third-order valence-corrected chi connectivity index (χ3v) is 3.33. The van der Waals surface area contributed by atoms with Gasteiger partial charge in [-0.3, -0.25) is 4.79 Å². The summed E-state index contributed by atoms with van der Waals surface area (Å²) in [5.41, 5.74) is 0.636. The Labute approximate surface area is 117 Å². The first-order valence-corrected chi connectivity index (χ1v) is 6.79. The fourth-order valence-corrected chi connectivity index (χ4v) is 2.23.